The quantitative estimate of drug-likeness (QED) is 0.202. The third-order valence-electron chi connectivity index (χ3n) is 10.6. The van der Waals surface area contributed by atoms with Crippen LogP contribution in [-0.2, 0) is 16.0 Å². The van der Waals surface area contributed by atoms with Gasteiger partial charge in [-0.3, -0.25) is 4.79 Å². The molecular formula is C36H57NO2. The summed E-state index contributed by atoms with van der Waals surface area (Å²) >= 11 is 0. The summed E-state index contributed by atoms with van der Waals surface area (Å²) in [6.45, 7) is 9.32. The van der Waals surface area contributed by atoms with Crippen molar-refractivity contribution in [1.82, 2.24) is 5.32 Å². The van der Waals surface area contributed by atoms with Gasteiger partial charge in [0.1, 0.15) is 0 Å². The molecule has 0 heterocycles. The lowest BCUT2D eigenvalue weighted by molar-refractivity contribution is -0.116. The third-order valence-corrected chi connectivity index (χ3v) is 10.6. The van der Waals surface area contributed by atoms with Gasteiger partial charge in [0.15, 0.2) is 0 Å². The number of amides is 1. The number of carbonyl (C=O) groups excluding carboxylic acids is 1. The van der Waals surface area contributed by atoms with Crippen LogP contribution in [0.4, 0.5) is 0 Å². The van der Waals surface area contributed by atoms with E-state index in [2.05, 4.69) is 43.9 Å². The highest BCUT2D eigenvalue weighted by Crippen LogP contribution is 2.45. The molecule has 3 fully saturated rings. The standard InChI is InChI=1S/C36H57NO2/c1-4-7-8-9-27-10-12-29(13-11-27)30-14-16-32(17-15-30)35-23-20-33(26-28(35)5-2)31-18-21-34(22-19-31)39-25-24-37-36(38)6-3/h6,20,23,26-27,29-32,34H,3-5,7-19,21-22,24-25H2,1-2H3,(H,37,38). The van der Waals surface area contributed by atoms with Gasteiger partial charge in [0.25, 0.3) is 0 Å². The van der Waals surface area contributed by atoms with Crippen LogP contribution in [-0.4, -0.2) is 25.2 Å². The number of nitrogens with one attached hydrogen (secondary N) is 1. The maximum atomic E-state index is 11.3. The van der Waals surface area contributed by atoms with Crippen LogP contribution in [0.2, 0.25) is 0 Å². The molecule has 218 valence electrons. The largest absolute Gasteiger partial charge is 0.376 e. The molecular weight excluding hydrogens is 478 g/mol. The van der Waals surface area contributed by atoms with E-state index in [1.54, 1.807) is 16.7 Å². The summed E-state index contributed by atoms with van der Waals surface area (Å²) in [6, 6.07) is 7.56. The second kappa shape index (κ2) is 16.0. The minimum Gasteiger partial charge on any atom is -0.376 e. The lowest BCUT2D eigenvalue weighted by Crippen LogP contribution is -2.28. The topological polar surface area (TPSA) is 38.3 Å². The van der Waals surface area contributed by atoms with Gasteiger partial charge in [0, 0.05) is 6.54 Å². The van der Waals surface area contributed by atoms with E-state index in [0.717, 1.165) is 42.9 Å². The fraction of sp³-hybridized carbons (Fsp3) is 0.750. The molecule has 3 nitrogen and oxygen atoms in total. The van der Waals surface area contributed by atoms with Gasteiger partial charge in [-0.15, -0.1) is 0 Å². The van der Waals surface area contributed by atoms with Crippen molar-refractivity contribution in [3.05, 3.63) is 47.5 Å². The first-order chi connectivity index (χ1) is 19.1. The molecule has 3 saturated carbocycles. The molecule has 0 spiro atoms. The molecule has 39 heavy (non-hydrogen) atoms. The third kappa shape index (κ3) is 8.94. The Kier molecular flexibility index (Phi) is 12.4. The molecule has 3 heteroatoms. The predicted molar refractivity (Wildman–Crippen MR) is 164 cm³/mol. The number of hydrogen-bond acceptors (Lipinski definition) is 2. The minimum atomic E-state index is -0.124. The fourth-order valence-electron chi connectivity index (χ4n) is 8.15. The van der Waals surface area contributed by atoms with Crippen molar-refractivity contribution in [2.45, 2.75) is 141 Å². The predicted octanol–water partition coefficient (Wildman–Crippen LogP) is 9.25. The normalized spacial score (nSPS) is 29.6. The van der Waals surface area contributed by atoms with Gasteiger partial charge < -0.3 is 10.1 Å². The van der Waals surface area contributed by atoms with E-state index in [9.17, 15) is 4.79 Å². The maximum absolute atomic E-state index is 11.3. The van der Waals surface area contributed by atoms with Crippen molar-refractivity contribution in [1.29, 1.82) is 0 Å². The fourth-order valence-corrected chi connectivity index (χ4v) is 8.15. The Hall–Kier alpha value is -1.61. The molecule has 0 aromatic heterocycles. The Balaban J connectivity index is 1.21. The first kappa shape index (κ1) is 30.4. The van der Waals surface area contributed by atoms with Crippen LogP contribution in [0.25, 0.3) is 0 Å². The summed E-state index contributed by atoms with van der Waals surface area (Å²) in [5, 5.41) is 2.80. The van der Waals surface area contributed by atoms with Crippen molar-refractivity contribution < 1.29 is 9.53 Å². The molecule has 0 atom stereocenters. The Bertz CT molecular complexity index is 870. The van der Waals surface area contributed by atoms with Crippen LogP contribution in [0.3, 0.4) is 0 Å². The smallest absolute Gasteiger partial charge is 0.243 e. The van der Waals surface area contributed by atoms with E-state index < -0.39 is 0 Å². The lowest BCUT2D eigenvalue weighted by atomic mass is 9.67. The molecule has 3 aliphatic rings. The summed E-state index contributed by atoms with van der Waals surface area (Å²) in [6.07, 6.45) is 25.0. The first-order valence-corrected chi connectivity index (χ1v) is 16.8. The number of benzene rings is 1. The second-order valence-corrected chi connectivity index (χ2v) is 13.0. The zero-order valence-corrected chi connectivity index (χ0v) is 25.2. The Morgan fingerprint density at radius 1 is 0.897 bits per heavy atom. The van der Waals surface area contributed by atoms with Crippen molar-refractivity contribution >= 4 is 5.91 Å². The number of hydrogen-bond donors (Lipinski definition) is 1. The molecule has 1 amide bonds. The molecule has 4 rings (SSSR count). The highest BCUT2D eigenvalue weighted by atomic mass is 16.5. The summed E-state index contributed by atoms with van der Waals surface area (Å²) < 4.78 is 6.03. The maximum Gasteiger partial charge on any atom is 0.243 e. The molecule has 1 N–H and O–H groups in total. The number of unbranched alkanes of at least 4 members (excludes halogenated alkanes) is 2. The number of rotatable bonds is 13. The van der Waals surface area contributed by atoms with E-state index >= 15 is 0 Å². The Morgan fingerprint density at radius 2 is 1.56 bits per heavy atom. The van der Waals surface area contributed by atoms with Crippen LogP contribution in [0, 0.1) is 17.8 Å². The van der Waals surface area contributed by atoms with Gasteiger partial charge in [-0.25, -0.2) is 0 Å². The number of ether oxygens (including phenoxy) is 1. The van der Waals surface area contributed by atoms with Crippen molar-refractivity contribution in [2.75, 3.05) is 13.2 Å². The molecule has 1 aromatic rings. The molecule has 1 aromatic carbocycles. The van der Waals surface area contributed by atoms with Gasteiger partial charge in [-0.05, 0) is 123 Å². The van der Waals surface area contributed by atoms with Crippen LogP contribution >= 0.6 is 0 Å². The molecule has 0 unspecified atom stereocenters. The van der Waals surface area contributed by atoms with Crippen molar-refractivity contribution in [3.63, 3.8) is 0 Å². The second-order valence-electron chi connectivity index (χ2n) is 13.0. The van der Waals surface area contributed by atoms with Crippen LogP contribution in [0.15, 0.2) is 30.9 Å². The minimum absolute atomic E-state index is 0.124. The Morgan fingerprint density at radius 3 is 2.21 bits per heavy atom. The summed E-state index contributed by atoms with van der Waals surface area (Å²) in [7, 11) is 0. The number of carbonyl (C=O) groups is 1. The monoisotopic (exact) mass is 535 g/mol. The number of aryl methyl sites for hydroxylation is 1. The van der Waals surface area contributed by atoms with Crippen molar-refractivity contribution in [2.24, 2.45) is 17.8 Å². The van der Waals surface area contributed by atoms with Crippen molar-refractivity contribution in [3.8, 4) is 0 Å². The van der Waals surface area contributed by atoms with Crippen LogP contribution < -0.4 is 5.32 Å². The highest BCUT2D eigenvalue weighted by molar-refractivity contribution is 5.86. The summed E-state index contributed by atoms with van der Waals surface area (Å²) in [4.78, 5) is 11.3. The summed E-state index contributed by atoms with van der Waals surface area (Å²) in [5.74, 6) is 4.37. The lowest BCUT2D eigenvalue weighted by Gasteiger charge is -2.38. The Labute approximate surface area is 239 Å². The van der Waals surface area contributed by atoms with Crippen LogP contribution in [0.5, 0.6) is 0 Å². The van der Waals surface area contributed by atoms with E-state index in [1.807, 2.05) is 0 Å². The van der Waals surface area contributed by atoms with Gasteiger partial charge in [-0.2, -0.15) is 0 Å². The van der Waals surface area contributed by atoms with E-state index in [0.29, 0.717) is 25.2 Å². The SMILES string of the molecule is C=CC(=O)NCCOC1CCC(c2ccc(C3CCC(C4CCC(CCCCC)CC4)CC3)c(CC)c2)CC1. The molecule has 0 saturated heterocycles. The average Bonchev–Trinajstić information content (AvgIpc) is 3.00. The van der Waals surface area contributed by atoms with E-state index in [-0.39, 0.29) is 5.91 Å². The zero-order valence-electron chi connectivity index (χ0n) is 25.2. The zero-order chi connectivity index (χ0) is 27.5. The molecule has 0 aliphatic heterocycles. The van der Waals surface area contributed by atoms with E-state index in [4.69, 9.17) is 4.74 Å². The van der Waals surface area contributed by atoms with Gasteiger partial charge >= 0.3 is 0 Å². The van der Waals surface area contributed by atoms with Gasteiger partial charge in [-0.1, -0.05) is 77.2 Å². The highest BCUT2D eigenvalue weighted by Gasteiger charge is 2.32. The van der Waals surface area contributed by atoms with Crippen LogP contribution in [0.1, 0.15) is 145 Å². The van der Waals surface area contributed by atoms with E-state index in [1.165, 1.54) is 96.0 Å². The van der Waals surface area contributed by atoms with Gasteiger partial charge in [0.05, 0.1) is 12.7 Å². The molecule has 3 aliphatic carbocycles. The first-order valence-electron chi connectivity index (χ1n) is 16.8. The summed E-state index contributed by atoms with van der Waals surface area (Å²) in [5.41, 5.74) is 4.83. The molecule has 0 radical (unpaired) electrons. The average molecular weight is 536 g/mol. The molecule has 0 bridgehead atoms. The van der Waals surface area contributed by atoms with Gasteiger partial charge in [0.2, 0.25) is 5.91 Å².